The lowest BCUT2D eigenvalue weighted by molar-refractivity contribution is -0.122. The van der Waals surface area contributed by atoms with Crippen LogP contribution in [0.1, 0.15) is 23.9 Å². The van der Waals surface area contributed by atoms with Crippen molar-refractivity contribution in [1.29, 1.82) is 0 Å². The quantitative estimate of drug-likeness (QED) is 0.629. The van der Waals surface area contributed by atoms with Crippen LogP contribution >= 0.6 is 0 Å². The zero-order valence-corrected chi connectivity index (χ0v) is 18.4. The Morgan fingerprint density at radius 2 is 1.85 bits per heavy atom. The van der Waals surface area contributed by atoms with E-state index >= 15 is 0 Å². The Hall–Kier alpha value is -3.50. The minimum Gasteiger partial charge on any atom is -0.459 e. The number of nitrogens with zero attached hydrogens (tertiary/aromatic N) is 3. The minimum atomic E-state index is -0.925. The molecule has 3 heterocycles. The van der Waals surface area contributed by atoms with Gasteiger partial charge in [0.1, 0.15) is 6.04 Å². The van der Waals surface area contributed by atoms with Crippen molar-refractivity contribution in [3.63, 3.8) is 0 Å². The topological polar surface area (TPSA) is 112 Å². The molecule has 2 aliphatic heterocycles. The van der Waals surface area contributed by atoms with Crippen LogP contribution in [0.2, 0.25) is 0 Å². The second kappa shape index (κ2) is 9.97. The van der Waals surface area contributed by atoms with Gasteiger partial charge in [0.05, 0.1) is 31.6 Å². The molecule has 174 valence electrons. The standard InChI is InChI=1S/C23H26N4O6/c1-16(28)24-17-4-6-18(7-5-17)27-21(29)15-19(22(27)30)26(23(31)20-3-2-12-33-20)9-8-25-10-13-32-14-11-25/h2-7,12,19H,8-11,13-15H2,1H3,(H,24,28). The second-order valence-corrected chi connectivity index (χ2v) is 7.95. The number of amides is 4. The van der Waals surface area contributed by atoms with E-state index in [0.29, 0.717) is 31.1 Å². The summed E-state index contributed by atoms with van der Waals surface area (Å²) < 4.78 is 10.6. The summed E-state index contributed by atoms with van der Waals surface area (Å²) in [4.78, 5) is 55.2. The van der Waals surface area contributed by atoms with Gasteiger partial charge >= 0.3 is 0 Å². The maximum absolute atomic E-state index is 13.3. The fourth-order valence-electron chi connectivity index (χ4n) is 4.04. The third kappa shape index (κ3) is 5.12. The zero-order chi connectivity index (χ0) is 23.4. The van der Waals surface area contributed by atoms with Crippen molar-refractivity contribution in [2.75, 3.05) is 49.6 Å². The molecule has 2 fully saturated rings. The van der Waals surface area contributed by atoms with Crippen molar-refractivity contribution in [2.24, 2.45) is 0 Å². The lowest BCUT2D eigenvalue weighted by atomic mass is 10.2. The van der Waals surface area contributed by atoms with E-state index in [1.807, 2.05) is 0 Å². The molecule has 0 bridgehead atoms. The van der Waals surface area contributed by atoms with Gasteiger partial charge in [-0.25, -0.2) is 4.90 Å². The van der Waals surface area contributed by atoms with Crippen LogP contribution < -0.4 is 10.2 Å². The molecule has 2 aliphatic rings. The van der Waals surface area contributed by atoms with Crippen LogP contribution in [0.4, 0.5) is 11.4 Å². The van der Waals surface area contributed by atoms with Gasteiger partial charge in [-0.3, -0.25) is 24.1 Å². The molecule has 0 aliphatic carbocycles. The highest BCUT2D eigenvalue weighted by molar-refractivity contribution is 6.23. The maximum Gasteiger partial charge on any atom is 0.290 e. The fourth-order valence-corrected chi connectivity index (χ4v) is 4.04. The average Bonchev–Trinajstić information content (AvgIpc) is 3.44. The van der Waals surface area contributed by atoms with E-state index in [1.165, 1.54) is 18.1 Å². The highest BCUT2D eigenvalue weighted by Crippen LogP contribution is 2.28. The average molecular weight is 454 g/mol. The van der Waals surface area contributed by atoms with Crippen LogP contribution in [-0.2, 0) is 19.1 Å². The van der Waals surface area contributed by atoms with Gasteiger partial charge in [-0.15, -0.1) is 0 Å². The number of rotatable bonds is 7. The first kappa shape index (κ1) is 22.7. The van der Waals surface area contributed by atoms with Crippen LogP contribution in [-0.4, -0.2) is 78.9 Å². The molecule has 33 heavy (non-hydrogen) atoms. The van der Waals surface area contributed by atoms with Crippen molar-refractivity contribution in [3.8, 4) is 0 Å². The van der Waals surface area contributed by atoms with Gasteiger partial charge in [0.25, 0.3) is 11.8 Å². The molecule has 1 N–H and O–H groups in total. The third-order valence-corrected chi connectivity index (χ3v) is 5.70. The number of ether oxygens (including phenoxy) is 1. The second-order valence-electron chi connectivity index (χ2n) is 7.95. The molecule has 1 aromatic carbocycles. The Balaban J connectivity index is 1.53. The lowest BCUT2D eigenvalue weighted by Gasteiger charge is -2.31. The largest absolute Gasteiger partial charge is 0.459 e. The Bertz CT molecular complexity index is 1010. The van der Waals surface area contributed by atoms with Crippen LogP contribution in [0.15, 0.2) is 47.1 Å². The summed E-state index contributed by atoms with van der Waals surface area (Å²) in [5.41, 5.74) is 0.946. The minimum absolute atomic E-state index is 0.109. The molecule has 1 unspecified atom stereocenters. The Labute approximate surface area is 191 Å². The number of benzene rings is 1. The van der Waals surface area contributed by atoms with E-state index < -0.39 is 17.9 Å². The summed E-state index contributed by atoms with van der Waals surface area (Å²) in [5, 5.41) is 2.65. The highest BCUT2D eigenvalue weighted by Gasteiger charge is 2.45. The van der Waals surface area contributed by atoms with E-state index in [2.05, 4.69) is 10.2 Å². The number of hydrogen-bond acceptors (Lipinski definition) is 7. The first-order chi connectivity index (χ1) is 15.9. The van der Waals surface area contributed by atoms with Crippen LogP contribution in [0, 0.1) is 0 Å². The summed E-state index contributed by atoms with van der Waals surface area (Å²) in [6.07, 6.45) is 1.29. The van der Waals surface area contributed by atoms with Crippen molar-refractivity contribution >= 4 is 35.0 Å². The van der Waals surface area contributed by atoms with Crippen LogP contribution in [0.5, 0.6) is 0 Å². The van der Waals surface area contributed by atoms with Crippen LogP contribution in [0.3, 0.4) is 0 Å². The SMILES string of the molecule is CC(=O)Nc1ccc(N2C(=O)CC(N(CCN3CCOCC3)C(=O)c3ccco3)C2=O)cc1. The smallest absolute Gasteiger partial charge is 0.290 e. The normalized spacial score (nSPS) is 19.1. The highest BCUT2D eigenvalue weighted by atomic mass is 16.5. The molecule has 0 spiro atoms. The first-order valence-corrected chi connectivity index (χ1v) is 10.8. The van der Waals surface area contributed by atoms with E-state index in [0.717, 1.165) is 18.0 Å². The number of furan rings is 1. The zero-order valence-electron chi connectivity index (χ0n) is 18.4. The Morgan fingerprint density at radius 1 is 1.12 bits per heavy atom. The van der Waals surface area contributed by atoms with Gasteiger partial charge in [0, 0.05) is 38.8 Å². The molecule has 10 heteroatoms. The number of nitrogens with one attached hydrogen (secondary N) is 1. The van der Waals surface area contributed by atoms with Gasteiger partial charge in [-0.05, 0) is 36.4 Å². The van der Waals surface area contributed by atoms with Gasteiger partial charge < -0.3 is 19.4 Å². The third-order valence-electron chi connectivity index (χ3n) is 5.70. The molecule has 1 aromatic heterocycles. The molecule has 0 radical (unpaired) electrons. The van der Waals surface area contributed by atoms with Crippen LogP contribution in [0.25, 0.3) is 0 Å². The van der Waals surface area contributed by atoms with Crippen molar-refractivity contribution < 1.29 is 28.3 Å². The number of carbonyl (C=O) groups is 4. The predicted molar refractivity (Wildman–Crippen MR) is 119 cm³/mol. The molecule has 0 saturated carbocycles. The molecule has 2 saturated heterocycles. The van der Waals surface area contributed by atoms with Crippen molar-refractivity contribution in [3.05, 3.63) is 48.4 Å². The van der Waals surface area contributed by atoms with E-state index in [1.54, 1.807) is 36.4 Å². The van der Waals surface area contributed by atoms with E-state index in [9.17, 15) is 19.2 Å². The fraction of sp³-hybridized carbons (Fsp3) is 0.391. The number of hydrogen-bond donors (Lipinski definition) is 1. The molecule has 4 amide bonds. The maximum atomic E-state index is 13.3. The van der Waals surface area contributed by atoms with Gasteiger partial charge in [-0.1, -0.05) is 0 Å². The first-order valence-electron chi connectivity index (χ1n) is 10.8. The van der Waals surface area contributed by atoms with Gasteiger partial charge in [-0.2, -0.15) is 0 Å². The van der Waals surface area contributed by atoms with E-state index in [4.69, 9.17) is 9.15 Å². The summed E-state index contributed by atoms with van der Waals surface area (Å²) in [5.74, 6) is -1.38. The molecular weight excluding hydrogens is 428 g/mol. The Kier molecular flexibility index (Phi) is 6.85. The predicted octanol–water partition coefficient (Wildman–Crippen LogP) is 1.34. The summed E-state index contributed by atoms with van der Waals surface area (Å²) in [6, 6.07) is 8.66. The van der Waals surface area contributed by atoms with Gasteiger partial charge in [0.2, 0.25) is 11.8 Å². The molecule has 1 atom stereocenters. The molecular formula is C23H26N4O6. The van der Waals surface area contributed by atoms with Crippen molar-refractivity contribution in [1.82, 2.24) is 9.80 Å². The molecule has 4 rings (SSSR count). The van der Waals surface area contributed by atoms with E-state index in [-0.39, 0.29) is 30.5 Å². The monoisotopic (exact) mass is 454 g/mol. The number of carbonyl (C=O) groups excluding carboxylic acids is 4. The van der Waals surface area contributed by atoms with Gasteiger partial charge in [0.15, 0.2) is 5.76 Å². The van der Waals surface area contributed by atoms with Crippen molar-refractivity contribution in [2.45, 2.75) is 19.4 Å². The lowest BCUT2D eigenvalue weighted by Crippen LogP contribution is -2.49. The number of imide groups is 1. The summed E-state index contributed by atoms with van der Waals surface area (Å²) >= 11 is 0. The Morgan fingerprint density at radius 3 is 2.48 bits per heavy atom. The number of anilines is 2. The molecule has 10 nitrogen and oxygen atoms in total. The summed E-state index contributed by atoms with van der Waals surface area (Å²) in [6.45, 7) is 4.95. The summed E-state index contributed by atoms with van der Waals surface area (Å²) in [7, 11) is 0. The molecule has 2 aromatic rings. The number of morpholine rings is 1.